The van der Waals surface area contributed by atoms with E-state index in [0.717, 1.165) is 55.6 Å². The number of hydrogen-bond acceptors (Lipinski definition) is 6. The van der Waals surface area contributed by atoms with Crippen LogP contribution in [0.5, 0.6) is 0 Å². The maximum absolute atomic E-state index is 12.7. The van der Waals surface area contributed by atoms with Crippen LogP contribution in [0.3, 0.4) is 0 Å². The number of aliphatic hydroxyl groups is 1. The summed E-state index contributed by atoms with van der Waals surface area (Å²) in [6.07, 6.45) is 2.27. The van der Waals surface area contributed by atoms with E-state index >= 15 is 0 Å². The average molecular weight is 517 g/mol. The Morgan fingerprint density at radius 3 is 2.61 bits per heavy atom. The molecule has 3 aromatic carbocycles. The van der Waals surface area contributed by atoms with E-state index in [2.05, 4.69) is 10.2 Å². The van der Waals surface area contributed by atoms with Gasteiger partial charge in [0.15, 0.2) is 6.29 Å². The Hall–Kier alpha value is -3.07. The number of benzene rings is 3. The molecule has 2 heterocycles. The van der Waals surface area contributed by atoms with Gasteiger partial charge in [0.25, 0.3) is 5.91 Å². The molecule has 7 heteroatoms. The van der Waals surface area contributed by atoms with Gasteiger partial charge in [0.05, 0.1) is 25.4 Å². The van der Waals surface area contributed by atoms with Gasteiger partial charge in [0, 0.05) is 42.9 Å². The average Bonchev–Trinajstić information content (AvgIpc) is 3.40. The van der Waals surface area contributed by atoms with Crippen molar-refractivity contribution in [2.45, 2.75) is 50.4 Å². The Labute approximate surface area is 224 Å². The summed E-state index contributed by atoms with van der Waals surface area (Å²) in [6.45, 7) is 2.58. The first-order chi connectivity index (χ1) is 18.6. The standard InChI is InChI=1S/C31H36N2O5/c1-36-21-27-11-6-16-33(27)19-28-18-29(23-14-12-22(20-34)13-15-23)38-31(37-28)25-9-5-10-26(17-25)32-30(35)24-7-3-2-4-8-24/h2-5,7-10,12-15,17,27-29,31,34H,6,11,16,18-21H2,1H3,(H,32,35). The van der Waals surface area contributed by atoms with E-state index in [4.69, 9.17) is 14.2 Å². The van der Waals surface area contributed by atoms with E-state index in [1.165, 1.54) is 0 Å². The van der Waals surface area contributed by atoms with E-state index in [1.807, 2.05) is 66.7 Å². The van der Waals surface area contributed by atoms with Crippen LogP contribution in [0.4, 0.5) is 5.69 Å². The van der Waals surface area contributed by atoms with Gasteiger partial charge in [-0.15, -0.1) is 0 Å². The maximum atomic E-state index is 12.7. The zero-order valence-corrected chi connectivity index (χ0v) is 21.8. The van der Waals surface area contributed by atoms with E-state index in [0.29, 0.717) is 17.3 Å². The summed E-state index contributed by atoms with van der Waals surface area (Å²) in [6, 6.07) is 25.2. The Morgan fingerprint density at radius 2 is 1.84 bits per heavy atom. The van der Waals surface area contributed by atoms with Crippen molar-refractivity contribution in [3.05, 3.63) is 101 Å². The fourth-order valence-electron chi connectivity index (χ4n) is 5.37. The van der Waals surface area contributed by atoms with Crippen molar-refractivity contribution in [2.24, 2.45) is 0 Å². The number of aliphatic hydroxyl groups excluding tert-OH is 1. The normalized spacial score (nSPS) is 23.8. The molecule has 7 nitrogen and oxygen atoms in total. The van der Waals surface area contributed by atoms with Crippen LogP contribution >= 0.6 is 0 Å². The zero-order chi connectivity index (χ0) is 26.3. The number of nitrogens with zero attached hydrogens (tertiary/aromatic N) is 1. The number of nitrogens with one attached hydrogen (secondary N) is 1. The molecule has 2 N–H and O–H groups in total. The second-order valence-corrected chi connectivity index (χ2v) is 10.0. The van der Waals surface area contributed by atoms with Gasteiger partial charge < -0.3 is 24.6 Å². The first-order valence-corrected chi connectivity index (χ1v) is 13.3. The highest BCUT2D eigenvalue weighted by molar-refractivity contribution is 6.04. The van der Waals surface area contributed by atoms with Crippen molar-refractivity contribution < 1.29 is 24.1 Å². The molecule has 4 atom stereocenters. The highest BCUT2D eigenvalue weighted by atomic mass is 16.7. The number of carbonyl (C=O) groups is 1. The van der Waals surface area contributed by atoms with Gasteiger partial charge in [-0.25, -0.2) is 0 Å². The van der Waals surface area contributed by atoms with Crippen molar-refractivity contribution in [1.82, 2.24) is 4.90 Å². The van der Waals surface area contributed by atoms with Crippen molar-refractivity contribution >= 4 is 11.6 Å². The number of hydrogen-bond donors (Lipinski definition) is 2. The molecule has 2 aliphatic heterocycles. The molecule has 200 valence electrons. The zero-order valence-electron chi connectivity index (χ0n) is 21.8. The summed E-state index contributed by atoms with van der Waals surface area (Å²) in [4.78, 5) is 15.2. The van der Waals surface area contributed by atoms with Gasteiger partial charge in [-0.1, -0.05) is 54.6 Å². The number of amides is 1. The van der Waals surface area contributed by atoms with Crippen LogP contribution in [0.1, 0.15) is 58.7 Å². The largest absolute Gasteiger partial charge is 0.392 e. The SMILES string of the molecule is COCC1CCCN1CC1CC(c2ccc(CO)cc2)OC(c2cccc(NC(=O)c3ccccc3)c2)O1. The minimum atomic E-state index is -0.576. The Bertz CT molecular complexity index is 1190. The van der Waals surface area contributed by atoms with Crippen molar-refractivity contribution in [2.75, 3.05) is 32.1 Å². The van der Waals surface area contributed by atoms with E-state index < -0.39 is 6.29 Å². The molecular formula is C31H36N2O5. The second-order valence-electron chi connectivity index (χ2n) is 10.0. The number of ether oxygens (including phenoxy) is 3. The van der Waals surface area contributed by atoms with Crippen molar-refractivity contribution in [3.63, 3.8) is 0 Å². The van der Waals surface area contributed by atoms with Gasteiger partial charge in [-0.3, -0.25) is 9.69 Å². The second kappa shape index (κ2) is 12.7. The number of carbonyl (C=O) groups excluding carboxylic acids is 1. The Balaban J connectivity index is 1.35. The first-order valence-electron chi connectivity index (χ1n) is 13.3. The van der Waals surface area contributed by atoms with Crippen molar-refractivity contribution in [1.29, 1.82) is 0 Å². The van der Waals surface area contributed by atoms with Gasteiger partial charge in [-0.05, 0) is 54.8 Å². The Kier molecular flexibility index (Phi) is 8.83. The highest BCUT2D eigenvalue weighted by Crippen LogP contribution is 2.39. The van der Waals surface area contributed by atoms with Crippen molar-refractivity contribution in [3.8, 4) is 0 Å². The fourth-order valence-corrected chi connectivity index (χ4v) is 5.37. The van der Waals surface area contributed by atoms with E-state index in [-0.39, 0.29) is 24.7 Å². The van der Waals surface area contributed by atoms with Crippen LogP contribution in [-0.2, 0) is 20.8 Å². The molecule has 5 rings (SSSR count). The summed E-state index contributed by atoms with van der Waals surface area (Å²) >= 11 is 0. The van der Waals surface area contributed by atoms with Crippen LogP contribution in [0, 0.1) is 0 Å². The monoisotopic (exact) mass is 516 g/mol. The van der Waals surface area contributed by atoms with Crippen LogP contribution < -0.4 is 5.32 Å². The summed E-state index contributed by atoms with van der Waals surface area (Å²) in [5.74, 6) is -0.161. The predicted octanol–water partition coefficient (Wildman–Crippen LogP) is 5.09. The third-order valence-corrected chi connectivity index (χ3v) is 7.36. The summed E-state index contributed by atoms with van der Waals surface area (Å²) in [5.41, 5.74) is 4.08. The number of rotatable bonds is 9. The lowest BCUT2D eigenvalue weighted by molar-refractivity contribution is -0.253. The van der Waals surface area contributed by atoms with Gasteiger partial charge in [0.1, 0.15) is 0 Å². The van der Waals surface area contributed by atoms with Crippen LogP contribution in [0.2, 0.25) is 0 Å². The van der Waals surface area contributed by atoms with Gasteiger partial charge >= 0.3 is 0 Å². The molecule has 3 aromatic rings. The molecule has 4 unspecified atom stereocenters. The van der Waals surface area contributed by atoms with Gasteiger partial charge in [-0.2, -0.15) is 0 Å². The molecule has 0 radical (unpaired) electrons. The summed E-state index contributed by atoms with van der Waals surface area (Å²) in [5, 5.41) is 12.5. The molecule has 2 saturated heterocycles. The van der Waals surface area contributed by atoms with Crippen LogP contribution in [0.15, 0.2) is 78.9 Å². The lowest BCUT2D eigenvalue weighted by Crippen LogP contribution is -2.42. The predicted molar refractivity (Wildman–Crippen MR) is 146 cm³/mol. The molecule has 0 spiro atoms. The maximum Gasteiger partial charge on any atom is 0.255 e. The first kappa shape index (κ1) is 26.5. The van der Waals surface area contributed by atoms with Crippen LogP contribution in [0.25, 0.3) is 0 Å². The fraction of sp³-hybridized carbons (Fsp3) is 0.387. The molecule has 2 fully saturated rings. The lowest BCUT2D eigenvalue weighted by atomic mass is 9.99. The highest BCUT2D eigenvalue weighted by Gasteiger charge is 2.35. The lowest BCUT2D eigenvalue weighted by Gasteiger charge is -2.39. The quantitative estimate of drug-likeness (QED) is 0.413. The van der Waals surface area contributed by atoms with E-state index in [1.54, 1.807) is 19.2 Å². The number of likely N-dealkylation sites (tertiary alicyclic amines) is 1. The summed E-state index contributed by atoms with van der Waals surface area (Å²) < 4.78 is 18.5. The minimum Gasteiger partial charge on any atom is -0.392 e. The topological polar surface area (TPSA) is 80.3 Å². The smallest absolute Gasteiger partial charge is 0.255 e. The molecule has 0 aromatic heterocycles. The molecule has 0 aliphatic carbocycles. The number of anilines is 1. The van der Waals surface area contributed by atoms with E-state index in [9.17, 15) is 9.90 Å². The molecule has 0 saturated carbocycles. The number of methoxy groups -OCH3 is 1. The third-order valence-electron chi connectivity index (χ3n) is 7.36. The molecule has 0 bridgehead atoms. The molecule has 1 amide bonds. The Morgan fingerprint density at radius 1 is 1.03 bits per heavy atom. The molecule has 2 aliphatic rings. The summed E-state index contributed by atoms with van der Waals surface area (Å²) in [7, 11) is 1.76. The molecular weight excluding hydrogens is 480 g/mol. The third kappa shape index (κ3) is 6.49. The van der Waals surface area contributed by atoms with Gasteiger partial charge in [0.2, 0.25) is 0 Å². The minimum absolute atomic E-state index is 0.0114. The molecule has 38 heavy (non-hydrogen) atoms. The van der Waals surface area contributed by atoms with Crippen LogP contribution in [-0.4, -0.2) is 54.9 Å².